The zero-order valence-electron chi connectivity index (χ0n) is 10.7. The van der Waals surface area contributed by atoms with Crippen molar-refractivity contribution in [1.29, 1.82) is 0 Å². The van der Waals surface area contributed by atoms with Crippen LogP contribution in [0.4, 0.5) is 0 Å². The average molecular weight is 243 g/mol. The average Bonchev–Trinajstić information content (AvgIpc) is 2.84. The van der Waals surface area contributed by atoms with E-state index in [1.165, 1.54) is 11.1 Å². The number of hydrogen-bond acceptors (Lipinski definition) is 2. The Labute approximate surface area is 106 Å². The maximum Gasteiger partial charge on any atom is 0.257 e. The number of benzene rings is 1. The minimum Gasteiger partial charge on any atom is -0.338 e. The van der Waals surface area contributed by atoms with Crippen LogP contribution in [0, 0.1) is 6.92 Å². The second kappa shape index (κ2) is 3.83. The van der Waals surface area contributed by atoms with Crippen molar-refractivity contribution in [3.63, 3.8) is 0 Å². The van der Waals surface area contributed by atoms with E-state index in [0.29, 0.717) is 12.5 Å². The highest BCUT2D eigenvalue weighted by Crippen LogP contribution is 2.39. The van der Waals surface area contributed by atoms with Crippen molar-refractivity contribution < 1.29 is 4.79 Å². The normalized spacial score (nSPS) is 27.4. The summed E-state index contributed by atoms with van der Waals surface area (Å²) < 4.78 is 0. The Morgan fingerprint density at radius 3 is 3.06 bits per heavy atom. The van der Waals surface area contributed by atoms with Crippen molar-refractivity contribution in [2.24, 2.45) is 4.99 Å². The highest BCUT2D eigenvalue weighted by atomic mass is 16.2. The van der Waals surface area contributed by atoms with E-state index in [2.05, 4.69) is 40.7 Å². The molecule has 1 spiro atoms. The molecular formula is C14H17N3O. The van der Waals surface area contributed by atoms with Gasteiger partial charge in [-0.2, -0.15) is 0 Å². The molecule has 1 fully saturated rings. The van der Waals surface area contributed by atoms with Gasteiger partial charge in [0.05, 0.1) is 0 Å². The molecule has 94 valence electrons. The van der Waals surface area contributed by atoms with Crippen LogP contribution in [0.5, 0.6) is 0 Å². The molecule has 18 heavy (non-hydrogen) atoms. The number of carbonyl (C=O) groups is 1. The molecule has 4 heteroatoms. The molecular weight excluding hydrogens is 226 g/mol. The zero-order valence-corrected chi connectivity index (χ0v) is 10.7. The quantitative estimate of drug-likeness (QED) is 0.779. The Kier molecular flexibility index (Phi) is 2.40. The lowest BCUT2D eigenvalue weighted by Gasteiger charge is -2.22. The first-order valence-electron chi connectivity index (χ1n) is 6.40. The molecule has 1 amide bonds. The van der Waals surface area contributed by atoms with Crippen LogP contribution in [0.1, 0.15) is 30.0 Å². The number of rotatable bonds is 1. The van der Waals surface area contributed by atoms with Crippen molar-refractivity contribution >= 4 is 11.9 Å². The third-order valence-electron chi connectivity index (χ3n) is 3.76. The van der Waals surface area contributed by atoms with E-state index in [9.17, 15) is 4.79 Å². The summed E-state index contributed by atoms with van der Waals surface area (Å²) in [5.41, 5.74) is 2.97. The van der Waals surface area contributed by atoms with Gasteiger partial charge >= 0.3 is 0 Å². The molecule has 1 atom stereocenters. The molecule has 4 nitrogen and oxygen atoms in total. The Bertz CT molecular complexity index is 550. The summed E-state index contributed by atoms with van der Waals surface area (Å²) >= 11 is 0. The van der Waals surface area contributed by atoms with Gasteiger partial charge in [0, 0.05) is 6.54 Å². The molecule has 0 bridgehead atoms. The van der Waals surface area contributed by atoms with Crippen LogP contribution < -0.4 is 10.6 Å². The van der Waals surface area contributed by atoms with Crippen LogP contribution in [-0.2, 0) is 16.8 Å². The Morgan fingerprint density at radius 2 is 2.28 bits per heavy atom. The lowest BCUT2D eigenvalue weighted by Crippen LogP contribution is -2.41. The number of nitrogens with zero attached hydrogens (tertiary/aromatic N) is 1. The predicted octanol–water partition coefficient (Wildman–Crippen LogP) is 1.23. The van der Waals surface area contributed by atoms with Crippen LogP contribution in [-0.4, -0.2) is 18.4 Å². The van der Waals surface area contributed by atoms with Crippen LogP contribution in [0.2, 0.25) is 0 Å². The van der Waals surface area contributed by atoms with Gasteiger partial charge in [-0.1, -0.05) is 23.8 Å². The third kappa shape index (κ3) is 1.45. The predicted molar refractivity (Wildman–Crippen MR) is 70.4 cm³/mol. The summed E-state index contributed by atoms with van der Waals surface area (Å²) in [7, 11) is 0. The van der Waals surface area contributed by atoms with Crippen molar-refractivity contribution in [2.45, 2.75) is 32.2 Å². The van der Waals surface area contributed by atoms with E-state index in [4.69, 9.17) is 0 Å². The molecule has 1 heterocycles. The van der Waals surface area contributed by atoms with Crippen molar-refractivity contribution in [2.75, 3.05) is 6.54 Å². The SMILES string of the molecule is CCN=C1NC(=O)C2(CCc3ccc(C)cc32)N1. The highest BCUT2D eigenvalue weighted by molar-refractivity contribution is 6.09. The summed E-state index contributed by atoms with van der Waals surface area (Å²) in [6.45, 7) is 4.68. The smallest absolute Gasteiger partial charge is 0.257 e. The zero-order chi connectivity index (χ0) is 12.8. The van der Waals surface area contributed by atoms with E-state index in [1.807, 2.05) is 6.92 Å². The molecule has 1 saturated heterocycles. The number of nitrogens with one attached hydrogen (secondary N) is 2. The van der Waals surface area contributed by atoms with Gasteiger partial charge in [0.2, 0.25) is 0 Å². The number of aryl methyl sites for hydroxylation is 2. The fourth-order valence-electron chi connectivity index (χ4n) is 2.87. The highest BCUT2D eigenvalue weighted by Gasteiger charge is 2.50. The fraction of sp³-hybridized carbons (Fsp3) is 0.429. The van der Waals surface area contributed by atoms with Gasteiger partial charge in [0.25, 0.3) is 5.91 Å². The van der Waals surface area contributed by atoms with Gasteiger partial charge in [-0.05, 0) is 37.8 Å². The first-order valence-corrected chi connectivity index (χ1v) is 6.40. The standard InChI is InChI=1S/C14H17N3O/c1-3-15-13-16-12(18)14(17-13)7-6-10-5-4-9(2)8-11(10)14/h4-5,8H,3,6-7H2,1-2H3,(H2,15,16,17,18). The van der Waals surface area contributed by atoms with Crippen LogP contribution in [0.25, 0.3) is 0 Å². The van der Waals surface area contributed by atoms with E-state index in [1.54, 1.807) is 0 Å². The topological polar surface area (TPSA) is 53.5 Å². The molecule has 0 radical (unpaired) electrons. The lowest BCUT2D eigenvalue weighted by molar-refractivity contribution is -0.124. The molecule has 3 rings (SSSR count). The van der Waals surface area contributed by atoms with Crippen molar-refractivity contribution in [3.05, 3.63) is 34.9 Å². The van der Waals surface area contributed by atoms with Gasteiger partial charge in [-0.25, -0.2) is 0 Å². The Morgan fingerprint density at radius 1 is 1.44 bits per heavy atom. The second-order valence-corrected chi connectivity index (χ2v) is 4.97. The molecule has 1 aliphatic heterocycles. The van der Waals surface area contributed by atoms with Crippen LogP contribution in [0.15, 0.2) is 23.2 Å². The molecule has 2 N–H and O–H groups in total. The number of guanidine groups is 1. The third-order valence-corrected chi connectivity index (χ3v) is 3.76. The van der Waals surface area contributed by atoms with Crippen molar-refractivity contribution in [3.8, 4) is 0 Å². The Hall–Kier alpha value is -1.84. The van der Waals surface area contributed by atoms with E-state index >= 15 is 0 Å². The molecule has 1 unspecified atom stereocenters. The van der Waals surface area contributed by atoms with Crippen molar-refractivity contribution in [1.82, 2.24) is 10.6 Å². The summed E-state index contributed by atoms with van der Waals surface area (Å²) in [6, 6.07) is 6.35. The summed E-state index contributed by atoms with van der Waals surface area (Å²) in [6.07, 6.45) is 1.75. The maximum atomic E-state index is 12.3. The van der Waals surface area contributed by atoms with E-state index in [0.717, 1.165) is 18.4 Å². The first kappa shape index (κ1) is 11.3. The first-order chi connectivity index (χ1) is 8.65. The monoisotopic (exact) mass is 243 g/mol. The molecule has 0 aromatic heterocycles. The maximum absolute atomic E-state index is 12.3. The minimum atomic E-state index is -0.588. The summed E-state index contributed by atoms with van der Waals surface area (Å²) in [4.78, 5) is 16.6. The lowest BCUT2D eigenvalue weighted by atomic mass is 9.91. The number of carbonyl (C=O) groups excluding carboxylic acids is 1. The minimum absolute atomic E-state index is 0.0269. The summed E-state index contributed by atoms with van der Waals surface area (Å²) in [5.74, 6) is 0.635. The fourth-order valence-corrected chi connectivity index (χ4v) is 2.87. The number of amides is 1. The van der Waals surface area contributed by atoms with Gasteiger partial charge in [-0.3, -0.25) is 15.1 Å². The number of aliphatic imine (C=N–C) groups is 1. The molecule has 2 aliphatic rings. The van der Waals surface area contributed by atoms with E-state index < -0.39 is 5.54 Å². The largest absolute Gasteiger partial charge is 0.338 e. The molecule has 0 saturated carbocycles. The van der Waals surface area contributed by atoms with Gasteiger partial charge < -0.3 is 5.32 Å². The molecule has 1 aromatic carbocycles. The molecule has 1 aliphatic carbocycles. The van der Waals surface area contributed by atoms with E-state index in [-0.39, 0.29) is 5.91 Å². The Balaban J connectivity index is 2.07. The van der Waals surface area contributed by atoms with Gasteiger partial charge in [0.1, 0.15) is 5.54 Å². The molecule has 1 aromatic rings. The second-order valence-electron chi connectivity index (χ2n) is 4.97. The number of hydrogen-bond donors (Lipinski definition) is 2. The summed E-state index contributed by atoms with van der Waals surface area (Å²) in [5, 5.41) is 6.14. The van der Waals surface area contributed by atoms with Gasteiger partial charge in [0.15, 0.2) is 5.96 Å². The van der Waals surface area contributed by atoms with Crippen LogP contribution >= 0.6 is 0 Å². The van der Waals surface area contributed by atoms with Crippen LogP contribution in [0.3, 0.4) is 0 Å². The number of fused-ring (bicyclic) bond motifs is 2. The van der Waals surface area contributed by atoms with Gasteiger partial charge in [-0.15, -0.1) is 0 Å².